The summed E-state index contributed by atoms with van der Waals surface area (Å²) < 4.78 is 5.06. The molecule has 0 heterocycles. The molecule has 0 saturated carbocycles. The van der Waals surface area contributed by atoms with Gasteiger partial charge in [0.25, 0.3) is 0 Å². The maximum absolute atomic E-state index is 11.7. The first kappa shape index (κ1) is 15.5. The van der Waals surface area contributed by atoms with Crippen molar-refractivity contribution in [2.45, 2.75) is 56.9 Å². The molecule has 1 N–H and O–H groups in total. The fourth-order valence-corrected chi connectivity index (χ4v) is 2.33. The monoisotopic (exact) mass is 274 g/mol. The Balaban J connectivity index is 2.32. The standard InChI is InChI=1S/C14H23ClO3/c1-2-3-7-10-18-14(17)12(15)13(16)11-8-5-4-6-9-11/h5,8,11-13,16H,2-4,6-7,9-10H2,1H3. The molecule has 0 aromatic heterocycles. The van der Waals surface area contributed by atoms with Crippen molar-refractivity contribution in [3.05, 3.63) is 12.2 Å². The maximum Gasteiger partial charge on any atom is 0.326 e. The number of rotatable bonds is 7. The second-order valence-corrected chi connectivity index (χ2v) is 5.26. The third-order valence-electron chi connectivity index (χ3n) is 3.25. The summed E-state index contributed by atoms with van der Waals surface area (Å²) in [7, 11) is 0. The predicted molar refractivity (Wildman–Crippen MR) is 72.6 cm³/mol. The van der Waals surface area contributed by atoms with E-state index in [9.17, 15) is 9.90 Å². The van der Waals surface area contributed by atoms with Crippen molar-refractivity contribution in [3.8, 4) is 0 Å². The Morgan fingerprint density at radius 2 is 2.33 bits per heavy atom. The Labute approximate surface area is 114 Å². The fourth-order valence-electron chi connectivity index (χ4n) is 2.08. The molecule has 0 fully saturated rings. The zero-order valence-corrected chi connectivity index (χ0v) is 11.7. The van der Waals surface area contributed by atoms with E-state index in [4.69, 9.17) is 16.3 Å². The lowest BCUT2D eigenvalue weighted by molar-refractivity contribution is -0.146. The van der Waals surface area contributed by atoms with Crippen molar-refractivity contribution >= 4 is 17.6 Å². The number of aliphatic hydroxyl groups is 1. The maximum atomic E-state index is 11.7. The molecule has 0 aromatic carbocycles. The van der Waals surface area contributed by atoms with Crippen LogP contribution in [0.4, 0.5) is 0 Å². The largest absolute Gasteiger partial charge is 0.465 e. The first-order valence-corrected chi connectivity index (χ1v) is 7.26. The van der Waals surface area contributed by atoms with Gasteiger partial charge >= 0.3 is 5.97 Å². The summed E-state index contributed by atoms with van der Waals surface area (Å²) in [5.74, 6) is -0.524. The average Bonchev–Trinajstić information content (AvgIpc) is 2.42. The van der Waals surface area contributed by atoms with Crippen LogP contribution in [-0.2, 0) is 9.53 Å². The minimum Gasteiger partial charge on any atom is -0.465 e. The van der Waals surface area contributed by atoms with Gasteiger partial charge in [0.05, 0.1) is 12.7 Å². The van der Waals surface area contributed by atoms with E-state index in [2.05, 4.69) is 6.92 Å². The number of hydrogen-bond acceptors (Lipinski definition) is 3. The Kier molecular flexibility index (Phi) is 7.36. The summed E-state index contributed by atoms with van der Waals surface area (Å²) in [5, 5.41) is 9.07. The second-order valence-electron chi connectivity index (χ2n) is 4.79. The van der Waals surface area contributed by atoms with E-state index in [0.29, 0.717) is 6.61 Å². The van der Waals surface area contributed by atoms with Crippen LogP contribution in [0.5, 0.6) is 0 Å². The third-order valence-corrected chi connectivity index (χ3v) is 3.68. The summed E-state index contributed by atoms with van der Waals surface area (Å²) in [6.45, 7) is 2.48. The molecule has 3 nitrogen and oxygen atoms in total. The molecule has 3 atom stereocenters. The molecular weight excluding hydrogens is 252 g/mol. The minimum atomic E-state index is -0.959. The summed E-state index contributed by atoms with van der Waals surface area (Å²) in [6, 6.07) is 0. The van der Waals surface area contributed by atoms with Gasteiger partial charge in [-0.15, -0.1) is 11.6 Å². The van der Waals surface area contributed by atoms with Crippen LogP contribution >= 0.6 is 11.6 Å². The van der Waals surface area contributed by atoms with E-state index >= 15 is 0 Å². The van der Waals surface area contributed by atoms with Crippen LogP contribution in [0, 0.1) is 5.92 Å². The van der Waals surface area contributed by atoms with E-state index in [0.717, 1.165) is 38.5 Å². The van der Waals surface area contributed by atoms with Crippen LogP contribution in [0.1, 0.15) is 45.4 Å². The van der Waals surface area contributed by atoms with E-state index in [1.807, 2.05) is 12.2 Å². The average molecular weight is 275 g/mol. The van der Waals surface area contributed by atoms with Gasteiger partial charge in [0.1, 0.15) is 0 Å². The molecule has 0 radical (unpaired) electrons. The van der Waals surface area contributed by atoms with E-state index in [-0.39, 0.29) is 5.92 Å². The molecule has 0 spiro atoms. The zero-order chi connectivity index (χ0) is 13.4. The van der Waals surface area contributed by atoms with Crippen LogP contribution in [0.3, 0.4) is 0 Å². The van der Waals surface area contributed by atoms with Gasteiger partial charge in [0.15, 0.2) is 5.38 Å². The van der Waals surface area contributed by atoms with E-state index < -0.39 is 17.5 Å². The Morgan fingerprint density at radius 1 is 1.56 bits per heavy atom. The van der Waals surface area contributed by atoms with Crippen LogP contribution < -0.4 is 0 Å². The lowest BCUT2D eigenvalue weighted by Gasteiger charge is -2.25. The quantitative estimate of drug-likeness (QED) is 0.336. The molecule has 0 amide bonds. The number of ether oxygens (including phenoxy) is 1. The zero-order valence-electron chi connectivity index (χ0n) is 11.0. The highest BCUT2D eigenvalue weighted by Gasteiger charge is 2.31. The summed E-state index contributed by atoms with van der Waals surface area (Å²) in [6.07, 6.45) is 9.06. The fraction of sp³-hybridized carbons (Fsp3) is 0.786. The van der Waals surface area contributed by atoms with Gasteiger partial charge in [0, 0.05) is 5.92 Å². The first-order chi connectivity index (χ1) is 8.66. The predicted octanol–water partition coefficient (Wildman–Crippen LogP) is 3.04. The molecule has 104 valence electrons. The SMILES string of the molecule is CCCCCOC(=O)C(Cl)C(O)C1C=CCCC1. The number of allylic oxidation sites excluding steroid dienone is 1. The lowest BCUT2D eigenvalue weighted by atomic mass is 9.89. The molecule has 18 heavy (non-hydrogen) atoms. The second kappa shape index (κ2) is 8.54. The number of aliphatic hydroxyl groups excluding tert-OH is 1. The Hall–Kier alpha value is -0.540. The summed E-state index contributed by atoms with van der Waals surface area (Å²) in [4.78, 5) is 11.7. The van der Waals surface area contributed by atoms with E-state index in [1.54, 1.807) is 0 Å². The number of hydrogen-bond donors (Lipinski definition) is 1. The lowest BCUT2D eigenvalue weighted by Crippen LogP contribution is -2.36. The smallest absolute Gasteiger partial charge is 0.326 e. The van der Waals surface area contributed by atoms with Gasteiger partial charge in [-0.1, -0.05) is 31.9 Å². The highest BCUT2D eigenvalue weighted by molar-refractivity contribution is 6.30. The molecule has 0 bridgehead atoms. The highest BCUT2D eigenvalue weighted by atomic mass is 35.5. The van der Waals surface area contributed by atoms with Crippen molar-refractivity contribution in [2.24, 2.45) is 5.92 Å². The van der Waals surface area contributed by atoms with E-state index in [1.165, 1.54) is 0 Å². The van der Waals surface area contributed by atoms with Crippen molar-refractivity contribution < 1.29 is 14.6 Å². The minimum absolute atomic E-state index is 0.0237. The van der Waals surface area contributed by atoms with Crippen LogP contribution in [0.2, 0.25) is 0 Å². The Morgan fingerprint density at radius 3 is 2.94 bits per heavy atom. The van der Waals surface area contributed by atoms with Crippen molar-refractivity contribution in [2.75, 3.05) is 6.61 Å². The molecule has 1 aliphatic rings. The Bertz CT molecular complexity index is 278. The van der Waals surface area contributed by atoms with Gasteiger partial charge in [-0.05, 0) is 25.7 Å². The summed E-state index contributed by atoms with van der Waals surface area (Å²) >= 11 is 5.97. The van der Waals surface area contributed by atoms with Gasteiger partial charge < -0.3 is 9.84 Å². The first-order valence-electron chi connectivity index (χ1n) is 6.82. The molecule has 4 heteroatoms. The molecule has 1 aliphatic carbocycles. The topological polar surface area (TPSA) is 46.5 Å². The summed E-state index contributed by atoms with van der Waals surface area (Å²) in [5.41, 5.74) is 0. The molecule has 0 aliphatic heterocycles. The van der Waals surface area contributed by atoms with Crippen molar-refractivity contribution in [3.63, 3.8) is 0 Å². The number of esters is 1. The number of carbonyl (C=O) groups is 1. The number of unbranched alkanes of at least 4 members (excludes halogenated alkanes) is 2. The van der Waals surface area contributed by atoms with Gasteiger partial charge in [-0.25, -0.2) is 0 Å². The molecule has 1 rings (SSSR count). The third kappa shape index (κ3) is 4.99. The molecule has 3 unspecified atom stereocenters. The van der Waals surface area contributed by atoms with Crippen molar-refractivity contribution in [1.29, 1.82) is 0 Å². The van der Waals surface area contributed by atoms with Gasteiger partial charge in [-0.3, -0.25) is 4.79 Å². The van der Waals surface area contributed by atoms with Gasteiger partial charge in [0.2, 0.25) is 0 Å². The number of halogens is 1. The van der Waals surface area contributed by atoms with Gasteiger partial charge in [-0.2, -0.15) is 0 Å². The molecule has 0 aromatic rings. The molecule has 0 saturated heterocycles. The van der Waals surface area contributed by atoms with Crippen LogP contribution in [0.15, 0.2) is 12.2 Å². The van der Waals surface area contributed by atoms with Crippen LogP contribution in [-0.4, -0.2) is 29.2 Å². The van der Waals surface area contributed by atoms with Crippen molar-refractivity contribution in [1.82, 2.24) is 0 Å². The normalized spacial score (nSPS) is 22.5. The highest BCUT2D eigenvalue weighted by Crippen LogP contribution is 2.24. The molecular formula is C14H23ClO3. The number of alkyl halides is 1. The van der Waals surface area contributed by atoms with Crippen LogP contribution in [0.25, 0.3) is 0 Å². The number of carbonyl (C=O) groups excluding carboxylic acids is 1.